The Kier molecular flexibility index (Phi) is 5.51. The minimum atomic E-state index is 0.0704. The van der Waals surface area contributed by atoms with E-state index in [0.29, 0.717) is 42.5 Å². The number of amides is 1. The Balaban J connectivity index is 1.52. The highest BCUT2D eigenvalue weighted by Gasteiger charge is 2.28. The van der Waals surface area contributed by atoms with Crippen molar-refractivity contribution >= 4 is 5.91 Å². The van der Waals surface area contributed by atoms with E-state index in [2.05, 4.69) is 29.4 Å². The molecule has 0 spiro atoms. The number of aryl methyl sites for hydroxylation is 2. The van der Waals surface area contributed by atoms with E-state index in [9.17, 15) is 4.79 Å². The van der Waals surface area contributed by atoms with Crippen LogP contribution >= 0.6 is 0 Å². The van der Waals surface area contributed by atoms with E-state index in [0.717, 1.165) is 12.0 Å². The molecule has 1 saturated carbocycles. The molecule has 0 radical (unpaired) electrons. The van der Waals surface area contributed by atoms with Crippen molar-refractivity contribution in [2.45, 2.75) is 58.9 Å². The van der Waals surface area contributed by atoms with Crippen LogP contribution in [0.5, 0.6) is 0 Å². The zero-order valence-corrected chi connectivity index (χ0v) is 15.3. The quantitative estimate of drug-likeness (QED) is 0.895. The lowest BCUT2D eigenvalue weighted by Crippen LogP contribution is -2.43. The van der Waals surface area contributed by atoms with Gasteiger partial charge >= 0.3 is 0 Å². The molecule has 3 atom stereocenters. The fourth-order valence-electron chi connectivity index (χ4n) is 3.45. The average molecular weight is 341 g/mol. The summed E-state index contributed by atoms with van der Waals surface area (Å²) < 4.78 is 5.69. The summed E-state index contributed by atoms with van der Waals surface area (Å²) in [5.74, 6) is 2.29. The van der Waals surface area contributed by atoms with Gasteiger partial charge in [-0.2, -0.15) is 0 Å². The second-order valence-electron chi connectivity index (χ2n) is 7.31. The minimum absolute atomic E-state index is 0.0704. The summed E-state index contributed by atoms with van der Waals surface area (Å²) in [6, 6.07) is 8.25. The van der Waals surface area contributed by atoms with E-state index < -0.39 is 0 Å². The van der Waals surface area contributed by atoms with Gasteiger partial charge in [0.25, 0.3) is 0 Å². The summed E-state index contributed by atoms with van der Waals surface area (Å²) >= 11 is 0. The third-order valence-electron chi connectivity index (χ3n) is 5.38. The van der Waals surface area contributed by atoms with Gasteiger partial charge in [0, 0.05) is 24.4 Å². The molecule has 1 aliphatic carbocycles. The molecule has 1 heterocycles. The Morgan fingerprint density at radius 3 is 2.72 bits per heavy atom. The first-order valence-corrected chi connectivity index (χ1v) is 9.21. The monoisotopic (exact) mass is 341 g/mol. The Labute approximate surface area is 149 Å². The molecule has 5 heteroatoms. The van der Waals surface area contributed by atoms with Crippen molar-refractivity contribution in [1.29, 1.82) is 0 Å². The third-order valence-corrected chi connectivity index (χ3v) is 5.38. The first kappa shape index (κ1) is 17.6. The van der Waals surface area contributed by atoms with Crippen LogP contribution in [0.15, 0.2) is 28.7 Å². The number of hydrogen-bond donors (Lipinski definition) is 1. The van der Waals surface area contributed by atoms with Gasteiger partial charge in [0.1, 0.15) is 0 Å². The first-order valence-electron chi connectivity index (χ1n) is 9.21. The molecule has 3 rings (SSSR count). The minimum Gasteiger partial charge on any atom is -0.421 e. The highest BCUT2D eigenvalue weighted by molar-refractivity contribution is 5.76. The van der Waals surface area contributed by atoms with E-state index in [1.807, 2.05) is 31.2 Å². The number of benzene rings is 1. The van der Waals surface area contributed by atoms with Gasteiger partial charge in [0.05, 0.1) is 0 Å². The number of rotatable bonds is 5. The molecular formula is C20H27N3O2. The van der Waals surface area contributed by atoms with Crippen LogP contribution in [0.3, 0.4) is 0 Å². The topological polar surface area (TPSA) is 68.0 Å². The summed E-state index contributed by atoms with van der Waals surface area (Å²) in [6.07, 6.45) is 4.39. The molecular weight excluding hydrogens is 314 g/mol. The Bertz CT molecular complexity index is 708. The lowest BCUT2D eigenvalue weighted by Gasteiger charge is -2.34. The average Bonchev–Trinajstić information content (AvgIpc) is 3.07. The molecule has 0 bridgehead atoms. The lowest BCUT2D eigenvalue weighted by atomic mass is 9.78. The maximum Gasteiger partial charge on any atom is 0.247 e. The fourth-order valence-corrected chi connectivity index (χ4v) is 3.45. The summed E-state index contributed by atoms with van der Waals surface area (Å²) in [5, 5.41) is 11.3. The summed E-state index contributed by atoms with van der Waals surface area (Å²) in [5.41, 5.74) is 2.09. The van der Waals surface area contributed by atoms with Gasteiger partial charge in [-0.05, 0) is 37.3 Å². The lowest BCUT2D eigenvalue weighted by molar-refractivity contribution is -0.122. The van der Waals surface area contributed by atoms with Crippen LogP contribution in [0, 0.1) is 18.8 Å². The van der Waals surface area contributed by atoms with Crippen LogP contribution in [0.25, 0.3) is 11.5 Å². The zero-order valence-electron chi connectivity index (χ0n) is 15.3. The van der Waals surface area contributed by atoms with Gasteiger partial charge < -0.3 is 9.73 Å². The third kappa shape index (κ3) is 4.47. The predicted octanol–water partition coefficient (Wildman–Crippen LogP) is 3.92. The van der Waals surface area contributed by atoms with Crippen molar-refractivity contribution in [1.82, 2.24) is 15.5 Å². The van der Waals surface area contributed by atoms with Gasteiger partial charge in [-0.25, -0.2) is 0 Å². The van der Waals surface area contributed by atoms with Crippen molar-refractivity contribution in [3.05, 3.63) is 35.7 Å². The number of carbonyl (C=O) groups is 1. The SMILES string of the molecule is Cc1ccc(-c2nnc(CCC(=O)NC3CCCC(C)C3C)o2)cc1. The number of nitrogens with one attached hydrogen (secondary N) is 1. The van der Waals surface area contributed by atoms with Crippen LogP contribution < -0.4 is 5.32 Å². The van der Waals surface area contributed by atoms with Crippen molar-refractivity contribution in [2.24, 2.45) is 11.8 Å². The van der Waals surface area contributed by atoms with Crippen LogP contribution in [0.2, 0.25) is 0 Å². The van der Waals surface area contributed by atoms with Crippen LogP contribution in [0.1, 0.15) is 51.0 Å². The van der Waals surface area contributed by atoms with Gasteiger partial charge in [-0.3, -0.25) is 4.79 Å². The van der Waals surface area contributed by atoms with Crippen molar-refractivity contribution < 1.29 is 9.21 Å². The van der Waals surface area contributed by atoms with E-state index >= 15 is 0 Å². The smallest absolute Gasteiger partial charge is 0.247 e. The molecule has 0 saturated heterocycles. The van der Waals surface area contributed by atoms with Crippen LogP contribution in [-0.4, -0.2) is 22.1 Å². The van der Waals surface area contributed by atoms with Gasteiger partial charge in [-0.15, -0.1) is 10.2 Å². The molecule has 5 nitrogen and oxygen atoms in total. The molecule has 1 aromatic heterocycles. The maximum absolute atomic E-state index is 12.3. The summed E-state index contributed by atoms with van der Waals surface area (Å²) in [7, 11) is 0. The van der Waals surface area contributed by atoms with Gasteiger partial charge in [0.2, 0.25) is 17.7 Å². The number of hydrogen-bond acceptors (Lipinski definition) is 4. The zero-order chi connectivity index (χ0) is 17.8. The number of aromatic nitrogens is 2. The van der Waals surface area contributed by atoms with Crippen molar-refractivity contribution in [2.75, 3.05) is 0 Å². The molecule has 134 valence electrons. The molecule has 1 N–H and O–H groups in total. The normalized spacial score (nSPS) is 23.4. The maximum atomic E-state index is 12.3. The Morgan fingerprint density at radius 2 is 1.96 bits per heavy atom. The largest absolute Gasteiger partial charge is 0.421 e. The second-order valence-corrected chi connectivity index (χ2v) is 7.31. The standard InChI is InChI=1S/C20H27N3O2/c1-13-7-9-16(10-8-13)20-23-22-19(25-20)12-11-18(24)21-17-6-4-5-14(2)15(17)3/h7-10,14-15,17H,4-6,11-12H2,1-3H3,(H,21,24). The fraction of sp³-hybridized carbons (Fsp3) is 0.550. The van der Waals surface area contributed by atoms with E-state index in [1.54, 1.807) is 0 Å². The predicted molar refractivity (Wildman–Crippen MR) is 96.9 cm³/mol. The van der Waals surface area contributed by atoms with E-state index in [1.165, 1.54) is 18.4 Å². The summed E-state index contributed by atoms with van der Waals surface area (Å²) in [6.45, 7) is 6.55. The van der Waals surface area contributed by atoms with Crippen LogP contribution in [-0.2, 0) is 11.2 Å². The van der Waals surface area contributed by atoms with Crippen molar-refractivity contribution in [3.63, 3.8) is 0 Å². The summed E-state index contributed by atoms with van der Waals surface area (Å²) in [4.78, 5) is 12.3. The van der Waals surface area contributed by atoms with E-state index in [-0.39, 0.29) is 5.91 Å². The molecule has 3 unspecified atom stereocenters. The molecule has 1 fully saturated rings. The molecule has 1 aliphatic rings. The van der Waals surface area contributed by atoms with Crippen LogP contribution in [0.4, 0.5) is 0 Å². The van der Waals surface area contributed by atoms with Gasteiger partial charge in [-0.1, -0.05) is 44.4 Å². The number of carbonyl (C=O) groups excluding carboxylic acids is 1. The molecule has 0 aliphatic heterocycles. The second kappa shape index (κ2) is 7.81. The molecule has 1 aromatic carbocycles. The van der Waals surface area contributed by atoms with Crippen molar-refractivity contribution in [3.8, 4) is 11.5 Å². The van der Waals surface area contributed by atoms with E-state index in [4.69, 9.17) is 4.42 Å². The Morgan fingerprint density at radius 1 is 1.20 bits per heavy atom. The molecule has 25 heavy (non-hydrogen) atoms. The number of nitrogens with zero attached hydrogens (tertiary/aromatic N) is 2. The highest BCUT2D eigenvalue weighted by atomic mass is 16.4. The Hall–Kier alpha value is -2.17. The van der Waals surface area contributed by atoms with Gasteiger partial charge in [0.15, 0.2) is 0 Å². The highest BCUT2D eigenvalue weighted by Crippen LogP contribution is 2.29. The molecule has 1 amide bonds. The molecule has 2 aromatic rings. The first-order chi connectivity index (χ1) is 12.0.